The van der Waals surface area contributed by atoms with Crippen molar-refractivity contribution in [2.24, 2.45) is 5.92 Å². The first-order valence-corrected chi connectivity index (χ1v) is 8.45. The molecule has 1 aromatic heterocycles. The van der Waals surface area contributed by atoms with Gasteiger partial charge in [0.1, 0.15) is 0 Å². The van der Waals surface area contributed by atoms with Crippen LogP contribution in [0.5, 0.6) is 0 Å². The Kier molecular flexibility index (Phi) is 4.79. The average molecular weight is 325 g/mol. The Balaban J connectivity index is 1.64. The number of amides is 1. The van der Waals surface area contributed by atoms with Gasteiger partial charge in [-0.25, -0.2) is 4.98 Å². The molecule has 0 aliphatic carbocycles. The van der Waals surface area contributed by atoms with Gasteiger partial charge in [0.25, 0.3) is 11.5 Å². The first kappa shape index (κ1) is 16.4. The highest BCUT2D eigenvalue weighted by Gasteiger charge is 2.27. The quantitative estimate of drug-likeness (QED) is 0.868. The van der Waals surface area contributed by atoms with Crippen LogP contribution in [-0.2, 0) is 6.54 Å². The van der Waals surface area contributed by atoms with Gasteiger partial charge >= 0.3 is 0 Å². The van der Waals surface area contributed by atoms with Crippen LogP contribution in [0.15, 0.2) is 47.5 Å². The van der Waals surface area contributed by atoms with Crippen molar-refractivity contribution in [3.8, 4) is 0 Å². The highest BCUT2D eigenvalue weighted by atomic mass is 16.2. The fourth-order valence-corrected chi connectivity index (χ4v) is 3.10. The molecule has 24 heavy (non-hydrogen) atoms. The molecule has 0 N–H and O–H groups in total. The molecule has 2 heterocycles. The van der Waals surface area contributed by atoms with Gasteiger partial charge in [-0.15, -0.1) is 0 Å². The van der Waals surface area contributed by atoms with Crippen molar-refractivity contribution in [2.75, 3.05) is 13.1 Å². The first-order valence-electron chi connectivity index (χ1n) is 8.45. The number of likely N-dealkylation sites (tertiary alicyclic amines) is 1. The maximum atomic E-state index is 12.5. The van der Waals surface area contributed by atoms with Crippen molar-refractivity contribution < 1.29 is 4.79 Å². The average Bonchev–Trinajstić information content (AvgIpc) is 3.05. The van der Waals surface area contributed by atoms with Crippen LogP contribution < -0.4 is 5.56 Å². The molecule has 0 bridgehead atoms. The fourth-order valence-electron chi connectivity index (χ4n) is 3.10. The molecular weight excluding hydrogens is 302 g/mol. The largest absolute Gasteiger partial charge is 0.338 e. The summed E-state index contributed by atoms with van der Waals surface area (Å²) in [7, 11) is 0. The van der Waals surface area contributed by atoms with Crippen molar-refractivity contribution in [2.45, 2.75) is 32.7 Å². The van der Waals surface area contributed by atoms with Crippen LogP contribution in [0, 0.1) is 5.92 Å². The molecule has 0 radical (unpaired) electrons. The van der Waals surface area contributed by atoms with E-state index in [-0.39, 0.29) is 17.4 Å². The lowest BCUT2D eigenvalue weighted by molar-refractivity contribution is 0.0786. The van der Waals surface area contributed by atoms with E-state index in [0.717, 1.165) is 24.2 Å². The zero-order chi connectivity index (χ0) is 17.1. The van der Waals surface area contributed by atoms with E-state index in [1.165, 1.54) is 0 Å². The lowest BCUT2D eigenvalue weighted by Gasteiger charge is -2.17. The van der Waals surface area contributed by atoms with E-state index in [0.29, 0.717) is 19.0 Å². The predicted octanol–water partition coefficient (Wildman–Crippen LogP) is 2.53. The van der Waals surface area contributed by atoms with Gasteiger partial charge in [0, 0.05) is 31.3 Å². The molecule has 5 nitrogen and oxygen atoms in total. The molecule has 1 aliphatic heterocycles. The normalized spacial score (nSPS) is 17.5. The number of carbonyl (C=O) groups excluding carboxylic acids is 1. The number of nitrogens with zero attached hydrogens (tertiary/aromatic N) is 3. The zero-order valence-electron chi connectivity index (χ0n) is 14.2. The molecule has 5 heteroatoms. The minimum Gasteiger partial charge on any atom is -0.338 e. The SMILES string of the molecule is CC(C)c1cc(=O)n(CC2CCN(C(=O)c3ccccc3)C2)cn1. The molecular formula is C19H23N3O2. The number of carbonyl (C=O) groups is 1. The Hall–Kier alpha value is -2.43. The number of hydrogen-bond acceptors (Lipinski definition) is 3. The topological polar surface area (TPSA) is 55.2 Å². The van der Waals surface area contributed by atoms with Gasteiger partial charge in [-0.05, 0) is 30.4 Å². The van der Waals surface area contributed by atoms with E-state index >= 15 is 0 Å². The van der Waals surface area contributed by atoms with Gasteiger partial charge in [-0.2, -0.15) is 0 Å². The molecule has 1 amide bonds. The summed E-state index contributed by atoms with van der Waals surface area (Å²) in [4.78, 5) is 30.9. The summed E-state index contributed by atoms with van der Waals surface area (Å²) in [6, 6.07) is 11.0. The maximum Gasteiger partial charge on any atom is 0.253 e. The van der Waals surface area contributed by atoms with Crippen LogP contribution in [0.25, 0.3) is 0 Å². The minimum atomic E-state index is -0.0125. The molecule has 1 saturated heterocycles. The summed E-state index contributed by atoms with van der Waals surface area (Å²) in [5.41, 5.74) is 1.53. The van der Waals surface area contributed by atoms with Gasteiger partial charge in [-0.1, -0.05) is 32.0 Å². The second-order valence-electron chi connectivity index (χ2n) is 6.73. The van der Waals surface area contributed by atoms with Crippen LogP contribution in [0.1, 0.15) is 42.2 Å². The van der Waals surface area contributed by atoms with E-state index in [1.807, 2.05) is 49.1 Å². The third-order valence-electron chi connectivity index (χ3n) is 4.54. The summed E-state index contributed by atoms with van der Waals surface area (Å²) < 4.78 is 1.66. The predicted molar refractivity (Wildman–Crippen MR) is 93.0 cm³/mol. The molecule has 1 aliphatic rings. The minimum absolute atomic E-state index is 0.0125. The Morgan fingerprint density at radius 2 is 2.04 bits per heavy atom. The van der Waals surface area contributed by atoms with E-state index < -0.39 is 0 Å². The standard InChI is InChI=1S/C19H23N3O2/c1-14(2)17-10-18(23)22(13-20-17)12-15-8-9-21(11-15)19(24)16-6-4-3-5-7-16/h3-7,10,13-15H,8-9,11-12H2,1-2H3. The van der Waals surface area contributed by atoms with Crippen LogP contribution in [0.3, 0.4) is 0 Å². The number of benzene rings is 1. The molecule has 0 saturated carbocycles. The Bertz CT molecular complexity index is 768. The van der Waals surface area contributed by atoms with Crippen molar-refractivity contribution >= 4 is 5.91 Å². The lowest BCUT2D eigenvalue weighted by atomic mass is 10.1. The zero-order valence-corrected chi connectivity index (χ0v) is 14.2. The summed E-state index contributed by atoms with van der Waals surface area (Å²) in [6.45, 7) is 6.09. The molecule has 126 valence electrons. The van der Waals surface area contributed by atoms with Crippen molar-refractivity contribution in [3.63, 3.8) is 0 Å². The molecule has 0 spiro atoms. The van der Waals surface area contributed by atoms with E-state index in [9.17, 15) is 9.59 Å². The Morgan fingerprint density at radius 1 is 1.29 bits per heavy atom. The monoisotopic (exact) mass is 325 g/mol. The number of hydrogen-bond donors (Lipinski definition) is 0. The molecule has 2 aromatic rings. The van der Waals surface area contributed by atoms with Crippen LogP contribution in [0.4, 0.5) is 0 Å². The second kappa shape index (κ2) is 6.99. The van der Waals surface area contributed by atoms with E-state index in [4.69, 9.17) is 0 Å². The molecule has 3 rings (SSSR count). The second-order valence-corrected chi connectivity index (χ2v) is 6.73. The van der Waals surface area contributed by atoms with Gasteiger partial charge in [-0.3, -0.25) is 14.2 Å². The molecule has 1 aromatic carbocycles. The van der Waals surface area contributed by atoms with Gasteiger partial charge in [0.05, 0.1) is 12.0 Å². The van der Waals surface area contributed by atoms with Crippen LogP contribution >= 0.6 is 0 Å². The van der Waals surface area contributed by atoms with Crippen molar-refractivity contribution in [3.05, 3.63) is 64.3 Å². The third-order valence-corrected chi connectivity index (χ3v) is 4.54. The molecule has 1 unspecified atom stereocenters. The van der Waals surface area contributed by atoms with Crippen molar-refractivity contribution in [1.29, 1.82) is 0 Å². The van der Waals surface area contributed by atoms with Crippen LogP contribution in [0.2, 0.25) is 0 Å². The van der Waals surface area contributed by atoms with Gasteiger partial charge < -0.3 is 4.90 Å². The summed E-state index contributed by atoms with van der Waals surface area (Å²) >= 11 is 0. The van der Waals surface area contributed by atoms with E-state index in [2.05, 4.69) is 4.98 Å². The third kappa shape index (κ3) is 3.55. The highest BCUT2D eigenvalue weighted by Crippen LogP contribution is 2.20. The van der Waals surface area contributed by atoms with Crippen molar-refractivity contribution in [1.82, 2.24) is 14.5 Å². The molecule has 1 atom stereocenters. The van der Waals surface area contributed by atoms with E-state index in [1.54, 1.807) is 17.0 Å². The Morgan fingerprint density at radius 3 is 2.71 bits per heavy atom. The highest BCUT2D eigenvalue weighted by molar-refractivity contribution is 5.94. The number of aromatic nitrogens is 2. The summed E-state index contributed by atoms with van der Waals surface area (Å²) in [5.74, 6) is 0.610. The van der Waals surface area contributed by atoms with Gasteiger partial charge in [0.15, 0.2) is 0 Å². The first-order chi connectivity index (χ1) is 11.5. The number of rotatable bonds is 4. The smallest absolute Gasteiger partial charge is 0.253 e. The fraction of sp³-hybridized carbons (Fsp3) is 0.421. The maximum absolute atomic E-state index is 12.5. The summed E-state index contributed by atoms with van der Waals surface area (Å²) in [6.07, 6.45) is 2.55. The molecule has 1 fully saturated rings. The van der Waals surface area contributed by atoms with Gasteiger partial charge in [0.2, 0.25) is 0 Å². The summed E-state index contributed by atoms with van der Waals surface area (Å²) in [5, 5.41) is 0. The Labute approximate surface area is 141 Å². The lowest BCUT2D eigenvalue weighted by Crippen LogP contribution is -2.30. The van der Waals surface area contributed by atoms with Crippen LogP contribution in [-0.4, -0.2) is 33.4 Å².